The topological polar surface area (TPSA) is 24.1 Å². The third-order valence-electron chi connectivity index (χ3n) is 2.22. The molecule has 0 saturated heterocycles. The summed E-state index contributed by atoms with van der Waals surface area (Å²) in [5, 5.41) is 8.82. The number of benzene rings is 1. The van der Waals surface area contributed by atoms with E-state index in [1.807, 2.05) is 6.07 Å². The van der Waals surface area contributed by atoms with Crippen LogP contribution in [0.2, 0.25) is 0 Å². The van der Waals surface area contributed by atoms with Gasteiger partial charge in [0.25, 0.3) is 0 Å². The number of hydrogen-bond donors (Lipinski definition) is 1. The summed E-state index contributed by atoms with van der Waals surface area (Å²) < 4.78 is 2.16. The second kappa shape index (κ2) is 6.78. The third-order valence-corrected chi connectivity index (χ3v) is 3.20. The van der Waals surface area contributed by atoms with Crippen LogP contribution < -0.4 is 21.5 Å². The molecule has 1 heterocycles. The first kappa shape index (κ1) is 13.4. The van der Waals surface area contributed by atoms with E-state index >= 15 is 0 Å². The molecule has 0 spiro atoms. The molecule has 0 amide bonds. The van der Waals surface area contributed by atoms with Gasteiger partial charge in [0.05, 0.1) is 4.88 Å². The van der Waals surface area contributed by atoms with Crippen molar-refractivity contribution < 1.29 is 26.7 Å². The van der Waals surface area contributed by atoms with Crippen molar-refractivity contribution in [3.8, 4) is 0 Å². The Labute approximate surface area is 110 Å². The van der Waals surface area contributed by atoms with E-state index < -0.39 is 0 Å². The monoisotopic (exact) mass is 299 g/mol. The van der Waals surface area contributed by atoms with Crippen LogP contribution in [0.3, 0.4) is 0 Å². The van der Waals surface area contributed by atoms with E-state index in [0.29, 0.717) is 0 Å². The average molecular weight is 300 g/mol. The Kier molecular flexibility index (Phi) is 5.66. The lowest BCUT2D eigenvalue weighted by atomic mass is 10.2. The third kappa shape index (κ3) is 3.70. The summed E-state index contributed by atoms with van der Waals surface area (Å²) in [6, 6.07) is 10.4. The van der Waals surface area contributed by atoms with Crippen LogP contribution in [0.1, 0.15) is 10.4 Å². The summed E-state index contributed by atoms with van der Waals surface area (Å²) in [6.07, 6.45) is 2.86. The summed E-state index contributed by atoms with van der Waals surface area (Å²) in [5.41, 5.74) is 3.40. The van der Waals surface area contributed by atoms with Crippen molar-refractivity contribution in [3.05, 3.63) is 52.5 Å². The van der Waals surface area contributed by atoms with Crippen LogP contribution in [0.25, 0.3) is 0 Å². The summed E-state index contributed by atoms with van der Waals surface area (Å²) in [7, 11) is 0. The van der Waals surface area contributed by atoms with Gasteiger partial charge in [0.1, 0.15) is 0 Å². The second-order valence-electron chi connectivity index (χ2n) is 3.45. The maximum absolute atomic E-state index is 8.82. The van der Waals surface area contributed by atoms with Crippen LogP contribution in [-0.4, -0.2) is 11.7 Å². The number of nitrogens with zero attached hydrogens (tertiary/aromatic N) is 1. The van der Waals surface area contributed by atoms with Crippen molar-refractivity contribution in [1.82, 2.24) is 0 Å². The van der Waals surface area contributed by atoms with Gasteiger partial charge in [-0.3, -0.25) is 0 Å². The molecule has 1 aromatic carbocycles. The zero-order valence-electron chi connectivity index (χ0n) is 8.84. The standard InChI is InChI=1S/C12H14NOS.BrH/c14-7-6-12-9-13(10-15-12)8-11-4-2-1-3-5-11;/h1-5,9-10,14H,6-8H2;1H/q+1;/p-1. The number of thiazole rings is 1. The molecule has 0 saturated carbocycles. The molecule has 4 heteroatoms. The molecular formula is C12H14BrNOS. The first-order valence-corrected chi connectivity index (χ1v) is 5.87. The lowest BCUT2D eigenvalue weighted by Crippen LogP contribution is -3.00. The van der Waals surface area contributed by atoms with Crippen molar-refractivity contribution in [1.29, 1.82) is 0 Å². The van der Waals surface area contributed by atoms with E-state index in [2.05, 4.69) is 40.5 Å². The SMILES string of the molecule is OCCc1c[n+](Cc2ccccc2)cs1.[Br-]. The van der Waals surface area contributed by atoms with Gasteiger partial charge in [0, 0.05) is 18.6 Å². The van der Waals surface area contributed by atoms with Crippen LogP contribution in [0.4, 0.5) is 0 Å². The van der Waals surface area contributed by atoms with Crippen LogP contribution >= 0.6 is 11.3 Å². The van der Waals surface area contributed by atoms with Crippen LogP contribution in [-0.2, 0) is 13.0 Å². The first-order valence-electron chi connectivity index (χ1n) is 5.00. The fourth-order valence-electron chi connectivity index (χ4n) is 1.49. The second-order valence-corrected chi connectivity index (χ2v) is 4.42. The number of aromatic nitrogens is 1. The highest BCUT2D eigenvalue weighted by Crippen LogP contribution is 2.06. The van der Waals surface area contributed by atoms with E-state index in [-0.39, 0.29) is 23.6 Å². The first-order chi connectivity index (χ1) is 7.38. The van der Waals surface area contributed by atoms with Gasteiger partial charge >= 0.3 is 0 Å². The highest BCUT2D eigenvalue weighted by Gasteiger charge is 2.06. The Bertz CT molecular complexity index is 416. The van der Waals surface area contributed by atoms with Gasteiger partial charge in [0.15, 0.2) is 12.7 Å². The van der Waals surface area contributed by atoms with Gasteiger partial charge in [0.2, 0.25) is 5.51 Å². The number of halogens is 1. The van der Waals surface area contributed by atoms with Gasteiger partial charge in [-0.05, 0) is 0 Å². The zero-order chi connectivity index (χ0) is 10.5. The van der Waals surface area contributed by atoms with Gasteiger partial charge in [-0.2, -0.15) is 4.57 Å². The Hall–Kier alpha value is -0.710. The minimum Gasteiger partial charge on any atom is -1.00 e. The maximum Gasteiger partial charge on any atom is 0.225 e. The highest BCUT2D eigenvalue weighted by atomic mass is 79.9. The summed E-state index contributed by atoms with van der Waals surface area (Å²) in [4.78, 5) is 1.23. The molecule has 0 atom stereocenters. The average Bonchev–Trinajstić information content (AvgIpc) is 2.68. The molecule has 1 N–H and O–H groups in total. The maximum atomic E-state index is 8.82. The van der Waals surface area contributed by atoms with Crippen LogP contribution in [0.15, 0.2) is 42.0 Å². The van der Waals surface area contributed by atoms with E-state index in [4.69, 9.17) is 5.11 Å². The smallest absolute Gasteiger partial charge is 0.225 e. The summed E-state index contributed by atoms with van der Waals surface area (Å²) >= 11 is 1.70. The number of aliphatic hydroxyl groups excluding tert-OH is 1. The van der Waals surface area contributed by atoms with Crippen molar-refractivity contribution in [2.45, 2.75) is 13.0 Å². The number of rotatable bonds is 4. The minimum absolute atomic E-state index is 0. The van der Waals surface area contributed by atoms with E-state index in [9.17, 15) is 0 Å². The molecule has 0 aliphatic rings. The molecule has 2 rings (SSSR count). The van der Waals surface area contributed by atoms with Gasteiger partial charge in [-0.1, -0.05) is 41.7 Å². The minimum atomic E-state index is 0. The molecule has 16 heavy (non-hydrogen) atoms. The normalized spacial score (nSPS) is 9.81. The fraction of sp³-hybridized carbons (Fsp3) is 0.250. The van der Waals surface area contributed by atoms with Crippen LogP contribution in [0, 0.1) is 0 Å². The van der Waals surface area contributed by atoms with E-state index in [1.54, 1.807) is 11.3 Å². The van der Waals surface area contributed by atoms with Crippen molar-refractivity contribution in [2.75, 3.05) is 6.61 Å². The quantitative estimate of drug-likeness (QED) is 0.692. The molecule has 2 nitrogen and oxygen atoms in total. The Balaban J connectivity index is 0.00000128. The van der Waals surface area contributed by atoms with Gasteiger partial charge in [-0.15, -0.1) is 0 Å². The number of hydrogen-bond acceptors (Lipinski definition) is 2. The molecule has 0 radical (unpaired) electrons. The van der Waals surface area contributed by atoms with Gasteiger partial charge < -0.3 is 22.1 Å². The highest BCUT2D eigenvalue weighted by molar-refractivity contribution is 7.09. The van der Waals surface area contributed by atoms with Crippen molar-refractivity contribution in [2.24, 2.45) is 0 Å². The molecule has 0 aliphatic heterocycles. The summed E-state index contributed by atoms with van der Waals surface area (Å²) in [5.74, 6) is 0. The zero-order valence-corrected chi connectivity index (χ0v) is 11.2. The molecule has 0 aliphatic carbocycles. The molecule has 1 aromatic heterocycles. The predicted molar refractivity (Wildman–Crippen MR) is 60.8 cm³/mol. The molecule has 0 unspecified atom stereocenters. The fourth-order valence-corrected chi connectivity index (χ4v) is 2.30. The Morgan fingerprint density at radius 3 is 2.62 bits per heavy atom. The molecular weight excluding hydrogens is 286 g/mol. The van der Waals surface area contributed by atoms with Crippen molar-refractivity contribution >= 4 is 11.3 Å². The van der Waals surface area contributed by atoms with Gasteiger partial charge in [-0.25, -0.2) is 0 Å². The lowest BCUT2D eigenvalue weighted by Gasteiger charge is -1.93. The molecule has 0 fully saturated rings. The Morgan fingerprint density at radius 1 is 1.19 bits per heavy atom. The molecule has 86 valence electrons. The molecule has 0 bridgehead atoms. The van der Waals surface area contributed by atoms with Crippen molar-refractivity contribution in [3.63, 3.8) is 0 Å². The predicted octanol–water partition coefficient (Wildman–Crippen LogP) is -1.38. The van der Waals surface area contributed by atoms with Crippen LogP contribution in [0.5, 0.6) is 0 Å². The largest absolute Gasteiger partial charge is 1.00 e. The number of aliphatic hydroxyl groups is 1. The van der Waals surface area contributed by atoms with E-state index in [0.717, 1.165) is 13.0 Å². The summed E-state index contributed by atoms with van der Waals surface area (Å²) in [6.45, 7) is 1.13. The molecule has 2 aromatic rings. The van der Waals surface area contributed by atoms with E-state index in [1.165, 1.54) is 10.4 Å². The Morgan fingerprint density at radius 2 is 1.94 bits per heavy atom. The lowest BCUT2D eigenvalue weighted by molar-refractivity contribution is -0.683.